The molecule has 3 heterocycles. The maximum Gasteiger partial charge on any atom is 0.130 e. The molecule has 0 unspecified atom stereocenters. The normalized spacial score (nSPS) is 14.3. The third-order valence-corrected chi connectivity index (χ3v) is 18.7. The van der Waals surface area contributed by atoms with E-state index in [0.29, 0.717) is 80.9 Å². The molecule has 8 heteroatoms. The standard InChI is InChI=1S/C82H92N2O6/c1-20-46-25-47-21-22-66-44-89-75-56-29-54-38-62(79(8,9)10)36-52(73(54)87)27-50-34-60(77(2,3)4)32-48(71(50)85)26-49-33-61(78(5,6)7)35-51(72(49)86)28-53-37-63(80(11,12)13)39-55(74(53)88)30-57-41-65(82(17,18)19)43-59(31-58(75)42-64(40-56)81(14,15)16)76(57)90-45-67-23-24-68(46)70(84-67)69(47)83-66/h1,21-25,32-43,85-88H,26-31,44-45H2,2-19H3. The number of benzene rings is 7. The molecule has 0 saturated heterocycles. The van der Waals surface area contributed by atoms with Gasteiger partial charge in [0.15, 0.2) is 0 Å². The van der Waals surface area contributed by atoms with Crippen molar-refractivity contribution in [1.82, 2.24) is 9.97 Å². The molecule has 0 amide bonds. The van der Waals surface area contributed by atoms with E-state index in [1.54, 1.807) is 0 Å². The van der Waals surface area contributed by atoms with Gasteiger partial charge in [-0.3, -0.25) is 0 Å². The van der Waals surface area contributed by atoms with Crippen LogP contribution >= 0.6 is 0 Å². The van der Waals surface area contributed by atoms with E-state index in [1.165, 1.54) is 0 Å². The predicted octanol–water partition coefficient (Wildman–Crippen LogP) is 18.7. The summed E-state index contributed by atoms with van der Waals surface area (Å²) in [6.07, 6.45) is 7.96. The van der Waals surface area contributed by atoms with Crippen molar-refractivity contribution in [2.75, 3.05) is 0 Å². The molecule has 2 aliphatic rings. The number of terminal acetylenes is 1. The summed E-state index contributed by atoms with van der Waals surface area (Å²) in [5, 5.41) is 53.4. The molecule has 0 spiro atoms. The number of phenols is 4. The third kappa shape index (κ3) is 12.6. The summed E-state index contributed by atoms with van der Waals surface area (Å²) < 4.78 is 14.7. The van der Waals surface area contributed by atoms with Gasteiger partial charge in [-0.2, -0.15) is 0 Å². The monoisotopic (exact) mass is 1200 g/mol. The lowest BCUT2D eigenvalue weighted by Crippen LogP contribution is -2.16. The minimum absolute atomic E-state index is 0.124. The van der Waals surface area contributed by atoms with Gasteiger partial charge in [0.25, 0.3) is 0 Å². The van der Waals surface area contributed by atoms with Gasteiger partial charge in [0.2, 0.25) is 0 Å². The van der Waals surface area contributed by atoms with Gasteiger partial charge in [0, 0.05) is 54.9 Å². The van der Waals surface area contributed by atoms with Crippen LogP contribution in [0.25, 0.3) is 21.8 Å². The van der Waals surface area contributed by atoms with Crippen molar-refractivity contribution in [3.05, 3.63) is 220 Å². The Balaban J connectivity index is 1.26. The van der Waals surface area contributed by atoms with E-state index in [1.807, 2.05) is 30.3 Å². The highest BCUT2D eigenvalue weighted by Crippen LogP contribution is 2.46. The molecule has 0 fully saturated rings. The lowest BCUT2D eigenvalue weighted by atomic mass is 9.79. The van der Waals surface area contributed by atoms with Gasteiger partial charge in [-0.15, -0.1) is 6.42 Å². The van der Waals surface area contributed by atoms with Crippen LogP contribution < -0.4 is 9.47 Å². The quantitative estimate of drug-likeness (QED) is 0.0874. The van der Waals surface area contributed by atoms with Crippen LogP contribution in [0.3, 0.4) is 0 Å². The van der Waals surface area contributed by atoms with Crippen molar-refractivity contribution < 1.29 is 29.9 Å². The van der Waals surface area contributed by atoms with E-state index < -0.39 is 0 Å². The highest BCUT2D eigenvalue weighted by atomic mass is 16.5. The second kappa shape index (κ2) is 22.6. The fraction of sp³-hybridized carbons (Fsp3) is 0.390. The van der Waals surface area contributed by atoms with Gasteiger partial charge < -0.3 is 29.9 Å². The average molecular weight is 1200 g/mol. The largest absolute Gasteiger partial charge is 0.507 e. The van der Waals surface area contributed by atoms with E-state index in [-0.39, 0.29) is 88.0 Å². The van der Waals surface area contributed by atoms with E-state index in [2.05, 4.69) is 203 Å². The van der Waals surface area contributed by atoms with E-state index >= 15 is 0 Å². The summed E-state index contributed by atoms with van der Waals surface area (Å²) in [5.41, 5.74) is 17.2. The third-order valence-electron chi connectivity index (χ3n) is 18.7. The maximum atomic E-state index is 13.1. The van der Waals surface area contributed by atoms with Crippen LogP contribution in [0.1, 0.15) is 242 Å². The Labute approximate surface area is 534 Å². The second-order valence-electron chi connectivity index (χ2n) is 32.1. The van der Waals surface area contributed by atoms with Gasteiger partial charge >= 0.3 is 0 Å². The van der Waals surface area contributed by atoms with Crippen LogP contribution in [0, 0.1) is 12.3 Å². The zero-order valence-corrected chi connectivity index (χ0v) is 56.5. The average Bonchev–Trinajstić information content (AvgIpc) is 0.938. The van der Waals surface area contributed by atoms with Crippen LogP contribution in [-0.4, -0.2) is 30.4 Å². The first-order valence-electron chi connectivity index (χ1n) is 32.1. The molecule has 7 aromatic carbocycles. The van der Waals surface area contributed by atoms with E-state index in [9.17, 15) is 20.4 Å². The van der Waals surface area contributed by atoms with Crippen LogP contribution in [0.5, 0.6) is 34.5 Å². The number of hydrogen-bond donors (Lipinski definition) is 4. The number of aromatic hydroxyl groups is 4. The van der Waals surface area contributed by atoms with Gasteiger partial charge in [-0.25, -0.2) is 9.97 Å². The van der Waals surface area contributed by atoms with Crippen LogP contribution in [0.4, 0.5) is 0 Å². The van der Waals surface area contributed by atoms with Crippen molar-refractivity contribution in [2.24, 2.45) is 0 Å². The summed E-state index contributed by atoms with van der Waals surface area (Å²) in [4.78, 5) is 10.6. The number of aromatic nitrogens is 2. The molecular weight excluding hydrogens is 1110 g/mol. The molecule has 0 saturated carbocycles. The molecule has 0 radical (unpaired) electrons. The van der Waals surface area contributed by atoms with Crippen molar-refractivity contribution >= 4 is 21.8 Å². The second-order valence-corrected chi connectivity index (χ2v) is 32.1. The van der Waals surface area contributed by atoms with E-state index in [4.69, 9.17) is 25.9 Å². The molecule has 90 heavy (non-hydrogen) atoms. The van der Waals surface area contributed by atoms with Crippen LogP contribution in [0.2, 0.25) is 0 Å². The smallest absolute Gasteiger partial charge is 0.130 e. The first-order chi connectivity index (χ1) is 41.9. The van der Waals surface area contributed by atoms with Crippen LogP contribution in [-0.2, 0) is 84.2 Å². The minimum Gasteiger partial charge on any atom is -0.507 e. The molecule has 1 aliphatic carbocycles. The summed E-state index contributed by atoms with van der Waals surface area (Å²) >= 11 is 0. The number of pyridine rings is 2. The van der Waals surface area contributed by atoms with E-state index in [0.717, 1.165) is 88.8 Å². The summed E-state index contributed by atoms with van der Waals surface area (Å²) in [6, 6.07) is 36.0. The highest BCUT2D eigenvalue weighted by Gasteiger charge is 2.31. The molecule has 4 N–H and O–H groups in total. The van der Waals surface area contributed by atoms with Gasteiger partial charge in [-0.1, -0.05) is 209 Å². The Bertz CT molecular complexity index is 4420. The zero-order chi connectivity index (χ0) is 65.1. The van der Waals surface area contributed by atoms with Gasteiger partial charge in [0.1, 0.15) is 47.7 Å². The summed E-state index contributed by atoms with van der Waals surface area (Å²) in [7, 11) is 0. The Morgan fingerprint density at radius 2 is 0.578 bits per heavy atom. The summed E-state index contributed by atoms with van der Waals surface area (Å²) in [5.74, 6) is 4.85. The first kappa shape index (κ1) is 63.3. The lowest BCUT2D eigenvalue weighted by Gasteiger charge is -2.28. The zero-order valence-electron chi connectivity index (χ0n) is 56.5. The number of nitrogens with zero attached hydrogens (tertiary/aromatic N) is 2. The Kier molecular flexibility index (Phi) is 15.9. The number of fused-ring (bicyclic) bond motifs is 10. The SMILES string of the molecule is C#Cc1cc2ccc3nc2c2nc(ccc12)COc1c2cc(C(C)(C)C)cc1Cc1cc(C(C)(C)C)cc(c1OC3)Cc1cc(C(C)(C)C)cc(c1O)Cc1cc(C(C)(C)C)cc(c1O)Cc1cc(C(C)(C)C)cc(c1O)Cc1cc(C(C)(C)C)cc(c1O)C2. The first-order valence-corrected chi connectivity index (χ1v) is 32.1. The molecule has 8 nitrogen and oxygen atoms in total. The fourth-order valence-electron chi connectivity index (χ4n) is 12.9. The maximum absolute atomic E-state index is 13.1. The minimum atomic E-state index is -0.326. The van der Waals surface area contributed by atoms with Gasteiger partial charge in [0.05, 0.1) is 22.4 Å². The van der Waals surface area contributed by atoms with Crippen molar-refractivity contribution in [3.63, 3.8) is 0 Å². The molecule has 466 valence electrons. The summed E-state index contributed by atoms with van der Waals surface area (Å²) in [6.45, 7) is 39.9. The fourth-order valence-corrected chi connectivity index (χ4v) is 12.9. The molecule has 18 bridgehead atoms. The Morgan fingerprint density at radius 1 is 0.333 bits per heavy atom. The molecule has 11 rings (SSSR count). The molecular formula is C82H92N2O6. The Morgan fingerprint density at radius 3 is 0.856 bits per heavy atom. The Hall–Kier alpha value is -8.28. The topological polar surface area (TPSA) is 125 Å². The van der Waals surface area contributed by atoms with Crippen LogP contribution in [0.15, 0.2) is 103 Å². The van der Waals surface area contributed by atoms with Crippen molar-refractivity contribution in [2.45, 2.75) is 209 Å². The molecule has 0 atom stereocenters. The van der Waals surface area contributed by atoms with Gasteiger partial charge in [-0.05, 0) is 157 Å². The van der Waals surface area contributed by atoms with Crippen molar-refractivity contribution in [1.29, 1.82) is 0 Å². The lowest BCUT2D eigenvalue weighted by molar-refractivity contribution is 0.292. The van der Waals surface area contributed by atoms with Crippen molar-refractivity contribution in [3.8, 4) is 46.8 Å². The predicted molar refractivity (Wildman–Crippen MR) is 368 cm³/mol. The molecule has 9 aromatic rings. The number of phenolic OH excluding ortho intramolecular Hbond substituents is 4. The highest BCUT2D eigenvalue weighted by molar-refractivity contribution is 6.05. The molecule has 2 aromatic heterocycles. The number of hydrogen-bond acceptors (Lipinski definition) is 8. The number of ether oxygens (including phenoxy) is 2. The molecule has 1 aliphatic heterocycles. The number of rotatable bonds is 0.